The number of carbonyl (C=O) groups excluding carboxylic acids is 3. The smallest absolute Gasteiger partial charge is 0.241 e. The van der Waals surface area contributed by atoms with Crippen LogP contribution in [0.15, 0.2) is 30.5 Å². The number of aromatic nitrogens is 2. The van der Waals surface area contributed by atoms with Gasteiger partial charge in [0, 0.05) is 23.9 Å². The van der Waals surface area contributed by atoms with Crippen molar-refractivity contribution in [2.24, 2.45) is 0 Å². The van der Waals surface area contributed by atoms with Gasteiger partial charge in [-0.25, -0.2) is 0 Å². The van der Waals surface area contributed by atoms with E-state index >= 15 is 0 Å². The molecule has 0 atom stereocenters. The predicted octanol–water partition coefficient (Wildman–Crippen LogP) is -0.233. The molecule has 7 nitrogen and oxygen atoms in total. The minimum atomic E-state index is -0.355. The molecule has 112 valence electrons. The summed E-state index contributed by atoms with van der Waals surface area (Å²) in [5, 5.41) is 15.2. The normalized spacial score (nSPS) is 12.8. The van der Waals surface area contributed by atoms with Gasteiger partial charge in [-0.05, 0) is 0 Å². The molecular formula is C15H13N3O4. The van der Waals surface area contributed by atoms with Crippen LogP contribution in [-0.2, 0) is 11.3 Å². The maximum absolute atomic E-state index is 12.4. The van der Waals surface area contributed by atoms with Crippen molar-refractivity contribution in [1.82, 2.24) is 15.1 Å². The second kappa shape index (κ2) is 5.53. The summed E-state index contributed by atoms with van der Waals surface area (Å²) in [7, 11) is 0. The van der Waals surface area contributed by atoms with Crippen molar-refractivity contribution in [1.29, 1.82) is 0 Å². The third kappa shape index (κ3) is 2.31. The number of rotatable bonds is 4. The maximum Gasteiger partial charge on any atom is 0.241 e. The summed E-state index contributed by atoms with van der Waals surface area (Å²) >= 11 is 0. The predicted molar refractivity (Wildman–Crippen MR) is 75.6 cm³/mol. The number of amides is 1. The van der Waals surface area contributed by atoms with Gasteiger partial charge in [0.2, 0.25) is 11.7 Å². The number of carbonyl (C=O) groups is 3. The Labute approximate surface area is 125 Å². The molecule has 1 aliphatic rings. The van der Waals surface area contributed by atoms with E-state index in [1.807, 2.05) is 0 Å². The highest BCUT2D eigenvalue weighted by Gasteiger charge is 2.32. The van der Waals surface area contributed by atoms with Gasteiger partial charge < -0.3 is 10.4 Å². The fourth-order valence-corrected chi connectivity index (χ4v) is 2.39. The van der Waals surface area contributed by atoms with Crippen LogP contribution in [0.3, 0.4) is 0 Å². The molecule has 2 aromatic rings. The maximum atomic E-state index is 12.4. The van der Waals surface area contributed by atoms with E-state index in [0.29, 0.717) is 11.1 Å². The average Bonchev–Trinajstić information content (AvgIpc) is 2.95. The molecule has 0 aliphatic heterocycles. The molecule has 7 heteroatoms. The molecule has 0 bridgehead atoms. The van der Waals surface area contributed by atoms with Gasteiger partial charge in [-0.15, -0.1) is 0 Å². The highest BCUT2D eigenvalue weighted by Crippen LogP contribution is 2.25. The number of hydrogen-bond donors (Lipinski definition) is 2. The Balaban J connectivity index is 1.91. The van der Waals surface area contributed by atoms with E-state index in [4.69, 9.17) is 5.11 Å². The number of aliphatic hydroxyl groups is 1. The van der Waals surface area contributed by atoms with E-state index in [1.54, 1.807) is 24.3 Å². The molecule has 1 aromatic heterocycles. The highest BCUT2D eigenvalue weighted by atomic mass is 16.3. The van der Waals surface area contributed by atoms with Gasteiger partial charge >= 0.3 is 0 Å². The second-order valence-electron chi connectivity index (χ2n) is 4.87. The van der Waals surface area contributed by atoms with Crippen LogP contribution in [0.5, 0.6) is 0 Å². The number of hydrogen-bond acceptors (Lipinski definition) is 5. The zero-order chi connectivity index (χ0) is 15.7. The Kier molecular flexibility index (Phi) is 3.56. The van der Waals surface area contributed by atoms with Gasteiger partial charge in [-0.2, -0.15) is 5.10 Å². The molecule has 2 N–H and O–H groups in total. The Morgan fingerprint density at radius 3 is 2.50 bits per heavy atom. The molecule has 0 unspecified atom stereocenters. The van der Waals surface area contributed by atoms with E-state index < -0.39 is 0 Å². The Morgan fingerprint density at radius 2 is 1.82 bits per heavy atom. The van der Waals surface area contributed by atoms with Crippen molar-refractivity contribution < 1.29 is 19.5 Å². The SMILES string of the molecule is O=C(Cn1cc2c(n1)C(=O)c1ccccc1C2=O)NCCO. The molecule has 0 saturated carbocycles. The van der Waals surface area contributed by atoms with Gasteiger partial charge in [0.05, 0.1) is 12.2 Å². The first kappa shape index (κ1) is 14.2. The van der Waals surface area contributed by atoms with Crippen molar-refractivity contribution >= 4 is 17.5 Å². The minimum absolute atomic E-state index is 0.0682. The molecule has 0 saturated heterocycles. The lowest BCUT2D eigenvalue weighted by Gasteiger charge is -2.11. The van der Waals surface area contributed by atoms with Gasteiger partial charge in [-0.1, -0.05) is 24.3 Å². The van der Waals surface area contributed by atoms with Crippen LogP contribution in [0.25, 0.3) is 0 Å². The van der Waals surface area contributed by atoms with Crippen molar-refractivity contribution in [3.8, 4) is 0 Å². The number of nitrogens with one attached hydrogen (secondary N) is 1. The van der Waals surface area contributed by atoms with Gasteiger partial charge in [-0.3, -0.25) is 19.1 Å². The third-order valence-electron chi connectivity index (χ3n) is 3.38. The Bertz CT molecular complexity index is 726. The largest absolute Gasteiger partial charge is 0.395 e. The summed E-state index contributed by atoms with van der Waals surface area (Å²) in [4.78, 5) is 36.4. The summed E-state index contributed by atoms with van der Waals surface area (Å²) < 4.78 is 1.26. The minimum Gasteiger partial charge on any atom is -0.395 e. The number of benzene rings is 1. The lowest BCUT2D eigenvalue weighted by Crippen LogP contribution is -2.30. The summed E-state index contributed by atoms with van der Waals surface area (Å²) in [5.74, 6) is -0.946. The van der Waals surface area contributed by atoms with Crippen molar-refractivity contribution in [3.63, 3.8) is 0 Å². The van der Waals surface area contributed by atoms with Crippen molar-refractivity contribution in [2.75, 3.05) is 13.2 Å². The average molecular weight is 299 g/mol. The lowest BCUT2D eigenvalue weighted by atomic mass is 9.88. The molecular weight excluding hydrogens is 286 g/mol. The molecule has 0 spiro atoms. The third-order valence-corrected chi connectivity index (χ3v) is 3.38. The molecule has 1 heterocycles. The van der Waals surface area contributed by atoms with Crippen LogP contribution in [0.1, 0.15) is 32.0 Å². The lowest BCUT2D eigenvalue weighted by molar-refractivity contribution is -0.122. The van der Waals surface area contributed by atoms with Gasteiger partial charge in [0.15, 0.2) is 5.78 Å². The second-order valence-corrected chi connectivity index (χ2v) is 4.87. The Morgan fingerprint density at radius 1 is 1.14 bits per heavy atom. The van der Waals surface area contributed by atoms with Gasteiger partial charge in [0.25, 0.3) is 0 Å². The monoisotopic (exact) mass is 299 g/mol. The first-order chi connectivity index (χ1) is 10.6. The fourth-order valence-electron chi connectivity index (χ4n) is 2.39. The molecule has 1 aromatic carbocycles. The zero-order valence-electron chi connectivity index (χ0n) is 11.6. The van der Waals surface area contributed by atoms with Crippen molar-refractivity contribution in [2.45, 2.75) is 6.54 Å². The number of nitrogens with zero attached hydrogens (tertiary/aromatic N) is 2. The van der Waals surface area contributed by atoms with Crippen LogP contribution >= 0.6 is 0 Å². The number of ketones is 2. The van der Waals surface area contributed by atoms with Crippen LogP contribution in [-0.4, -0.2) is 45.5 Å². The summed E-state index contributed by atoms with van der Waals surface area (Å²) in [6.07, 6.45) is 1.41. The first-order valence-electron chi connectivity index (χ1n) is 6.75. The summed E-state index contributed by atoms with van der Waals surface area (Å²) in [6, 6.07) is 6.57. The molecule has 0 fully saturated rings. The van der Waals surface area contributed by atoms with E-state index in [9.17, 15) is 14.4 Å². The molecule has 22 heavy (non-hydrogen) atoms. The van der Waals surface area contributed by atoms with E-state index in [1.165, 1.54) is 10.9 Å². The van der Waals surface area contributed by atoms with Crippen LogP contribution in [0, 0.1) is 0 Å². The van der Waals surface area contributed by atoms with Crippen LogP contribution in [0.2, 0.25) is 0 Å². The Hall–Kier alpha value is -2.80. The van der Waals surface area contributed by atoms with Crippen molar-refractivity contribution in [3.05, 3.63) is 52.8 Å². The quantitative estimate of drug-likeness (QED) is 0.693. The zero-order valence-corrected chi connectivity index (χ0v) is 11.6. The van der Waals surface area contributed by atoms with E-state index in [-0.39, 0.29) is 48.4 Å². The van der Waals surface area contributed by atoms with Gasteiger partial charge in [0.1, 0.15) is 12.2 Å². The van der Waals surface area contributed by atoms with Crippen LogP contribution < -0.4 is 5.32 Å². The molecule has 3 rings (SSSR count). The van der Waals surface area contributed by atoms with Crippen LogP contribution in [0.4, 0.5) is 0 Å². The summed E-state index contributed by atoms with van der Waals surface area (Å²) in [6.45, 7) is -0.138. The molecule has 0 radical (unpaired) electrons. The fraction of sp³-hybridized carbons (Fsp3) is 0.200. The standard InChI is InChI=1S/C15H13N3O4/c19-6-5-16-12(20)8-18-7-11-13(17-18)15(22)10-4-2-1-3-9(10)14(11)21/h1-4,7,19H,5-6,8H2,(H,16,20). The van der Waals surface area contributed by atoms with E-state index in [0.717, 1.165) is 0 Å². The topological polar surface area (TPSA) is 101 Å². The molecule has 1 aliphatic carbocycles. The number of aliphatic hydroxyl groups excluding tert-OH is 1. The number of fused-ring (bicyclic) bond motifs is 2. The highest BCUT2D eigenvalue weighted by molar-refractivity contribution is 6.27. The first-order valence-corrected chi connectivity index (χ1v) is 6.75. The van der Waals surface area contributed by atoms with E-state index in [2.05, 4.69) is 10.4 Å². The molecule has 1 amide bonds. The summed E-state index contributed by atoms with van der Waals surface area (Å²) in [5.41, 5.74) is 0.955.